The third-order valence-corrected chi connectivity index (χ3v) is 7.31. The fourth-order valence-electron chi connectivity index (χ4n) is 3.72. The molecule has 1 unspecified atom stereocenters. The van der Waals surface area contributed by atoms with Crippen LogP contribution in [0.1, 0.15) is 5.56 Å². The van der Waals surface area contributed by atoms with Crippen molar-refractivity contribution in [2.75, 3.05) is 25.1 Å². The summed E-state index contributed by atoms with van der Waals surface area (Å²) in [6.45, 7) is -0.815. The highest BCUT2D eigenvalue weighted by atomic mass is 32.2. The van der Waals surface area contributed by atoms with Gasteiger partial charge >= 0.3 is 5.97 Å². The topological polar surface area (TPSA) is 93.2 Å². The highest BCUT2D eigenvalue weighted by Gasteiger charge is 2.36. The number of nitrogens with zero attached hydrogens (tertiary/aromatic N) is 2. The first kappa shape index (κ1) is 24.4. The van der Waals surface area contributed by atoms with Crippen LogP contribution in [0.3, 0.4) is 0 Å². The van der Waals surface area contributed by atoms with Crippen molar-refractivity contribution in [3.8, 4) is 5.75 Å². The smallest absolute Gasteiger partial charge is 0.348 e. The van der Waals surface area contributed by atoms with Gasteiger partial charge in [0.25, 0.3) is 0 Å². The molecule has 0 fully saturated rings. The molecule has 35 heavy (non-hydrogen) atoms. The SMILES string of the molecule is COC(=O)C1CN(C(=O)CN(Cc2ccc(F)cc2)S(=O)(=O)c2ccccc2)c2ccccc2O1. The number of methoxy groups -OCH3 is 1. The molecule has 0 saturated heterocycles. The van der Waals surface area contributed by atoms with Crippen LogP contribution in [0.4, 0.5) is 10.1 Å². The summed E-state index contributed by atoms with van der Waals surface area (Å²) in [5, 5.41) is 0. The maximum absolute atomic E-state index is 13.5. The van der Waals surface area contributed by atoms with E-state index >= 15 is 0 Å². The van der Waals surface area contributed by atoms with E-state index in [0.29, 0.717) is 17.0 Å². The molecule has 10 heteroatoms. The normalized spacial score (nSPS) is 15.3. The van der Waals surface area contributed by atoms with E-state index in [2.05, 4.69) is 0 Å². The van der Waals surface area contributed by atoms with Crippen molar-refractivity contribution >= 4 is 27.6 Å². The summed E-state index contributed by atoms with van der Waals surface area (Å²) >= 11 is 0. The second-order valence-corrected chi connectivity index (χ2v) is 9.75. The molecule has 0 saturated carbocycles. The van der Waals surface area contributed by atoms with Gasteiger partial charge < -0.3 is 14.4 Å². The Morgan fingerprint density at radius 2 is 1.69 bits per heavy atom. The van der Waals surface area contributed by atoms with Gasteiger partial charge in [-0.2, -0.15) is 4.31 Å². The Kier molecular flexibility index (Phi) is 7.13. The Balaban J connectivity index is 1.67. The number of esters is 1. The minimum Gasteiger partial charge on any atom is -0.475 e. The second kappa shape index (κ2) is 10.2. The number of sulfonamides is 1. The van der Waals surface area contributed by atoms with Crippen LogP contribution < -0.4 is 9.64 Å². The van der Waals surface area contributed by atoms with Crippen molar-refractivity contribution in [3.63, 3.8) is 0 Å². The second-order valence-electron chi connectivity index (χ2n) is 7.81. The van der Waals surface area contributed by atoms with E-state index < -0.39 is 40.4 Å². The Labute approximate surface area is 202 Å². The van der Waals surface area contributed by atoms with Crippen LogP contribution in [0, 0.1) is 5.82 Å². The van der Waals surface area contributed by atoms with Crippen LogP contribution in [0.25, 0.3) is 0 Å². The van der Waals surface area contributed by atoms with Crippen molar-refractivity contribution < 1.29 is 31.9 Å². The summed E-state index contributed by atoms with van der Waals surface area (Å²) in [7, 11) is -2.87. The number of carbonyl (C=O) groups is 2. The molecule has 1 amide bonds. The van der Waals surface area contributed by atoms with Gasteiger partial charge in [0.05, 0.1) is 30.8 Å². The molecule has 0 aliphatic carbocycles. The molecule has 4 rings (SSSR count). The molecule has 1 atom stereocenters. The van der Waals surface area contributed by atoms with Gasteiger partial charge in [-0.3, -0.25) is 4.79 Å². The summed E-state index contributed by atoms with van der Waals surface area (Å²) in [5.74, 6) is -1.37. The molecule has 1 heterocycles. The number of rotatable bonds is 7. The summed E-state index contributed by atoms with van der Waals surface area (Å²) in [5.41, 5.74) is 0.921. The molecule has 0 N–H and O–H groups in total. The highest BCUT2D eigenvalue weighted by molar-refractivity contribution is 7.89. The zero-order valence-electron chi connectivity index (χ0n) is 18.8. The molecule has 1 aliphatic heterocycles. The van der Waals surface area contributed by atoms with Crippen molar-refractivity contribution in [2.24, 2.45) is 0 Å². The molecule has 3 aromatic rings. The lowest BCUT2D eigenvalue weighted by atomic mass is 10.1. The van der Waals surface area contributed by atoms with Gasteiger partial charge in [-0.25, -0.2) is 17.6 Å². The van der Waals surface area contributed by atoms with Crippen molar-refractivity contribution in [1.82, 2.24) is 4.31 Å². The summed E-state index contributed by atoms with van der Waals surface area (Å²) in [4.78, 5) is 27.0. The summed E-state index contributed by atoms with van der Waals surface area (Å²) < 4.78 is 51.8. The predicted molar refractivity (Wildman–Crippen MR) is 126 cm³/mol. The number of fused-ring (bicyclic) bond motifs is 1. The number of carbonyl (C=O) groups excluding carboxylic acids is 2. The number of hydrogen-bond acceptors (Lipinski definition) is 6. The maximum atomic E-state index is 13.5. The van der Waals surface area contributed by atoms with Crippen LogP contribution in [0.15, 0.2) is 83.8 Å². The van der Waals surface area contributed by atoms with Crippen LogP contribution in [0.2, 0.25) is 0 Å². The van der Waals surface area contributed by atoms with E-state index in [1.807, 2.05) is 0 Å². The fraction of sp³-hybridized carbons (Fsp3) is 0.200. The zero-order chi connectivity index (χ0) is 25.0. The minimum absolute atomic E-state index is 0.0183. The lowest BCUT2D eigenvalue weighted by Gasteiger charge is -2.34. The van der Waals surface area contributed by atoms with E-state index in [-0.39, 0.29) is 18.0 Å². The maximum Gasteiger partial charge on any atom is 0.348 e. The Bertz CT molecular complexity index is 1320. The van der Waals surface area contributed by atoms with Crippen molar-refractivity contribution in [3.05, 3.63) is 90.2 Å². The highest BCUT2D eigenvalue weighted by Crippen LogP contribution is 2.34. The predicted octanol–water partition coefficient (Wildman–Crippen LogP) is 2.98. The number of ether oxygens (including phenoxy) is 2. The van der Waals surface area contributed by atoms with Gasteiger partial charge in [0.2, 0.25) is 22.0 Å². The van der Waals surface area contributed by atoms with Crippen LogP contribution in [0.5, 0.6) is 5.75 Å². The van der Waals surface area contributed by atoms with E-state index in [1.165, 1.54) is 48.4 Å². The Morgan fingerprint density at radius 3 is 2.37 bits per heavy atom. The van der Waals surface area contributed by atoms with Crippen LogP contribution >= 0.6 is 0 Å². The molecular formula is C25H23FN2O6S. The molecule has 0 bridgehead atoms. The number of para-hydroxylation sites is 2. The van der Waals surface area contributed by atoms with Gasteiger partial charge in [-0.15, -0.1) is 0 Å². The molecule has 0 radical (unpaired) electrons. The number of hydrogen-bond donors (Lipinski definition) is 0. The monoisotopic (exact) mass is 498 g/mol. The zero-order valence-corrected chi connectivity index (χ0v) is 19.7. The number of amides is 1. The van der Waals surface area contributed by atoms with Gasteiger partial charge in [-0.1, -0.05) is 42.5 Å². The first-order valence-corrected chi connectivity index (χ1v) is 12.2. The first-order chi connectivity index (χ1) is 16.8. The van der Waals surface area contributed by atoms with E-state index in [4.69, 9.17) is 9.47 Å². The quantitative estimate of drug-likeness (QED) is 0.465. The molecule has 3 aromatic carbocycles. The molecular weight excluding hydrogens is 475 g/mol. The average molecular weight is 499 g/mol. The van der Waals surface area contributed by atoms with E-state index in [1.54, 1.807) is 42.5 Å². The van der Waals surface area contributed by atoms with E-state index in [0.717, 1.165) is 4.31 Å². The molecule has 182 valence electrons. The Hall–Kier alpha value is -3.76. The van der Waals surface area contributed by atoms with Gasteiger partial charge in [0.15, 0.2) is 0 Å². The third kappa shape index (κ3) is 5.33. The van der Waals surface area contributed by atoms with Crippen LogP contribution in [-0.4, -0.2) is 50.9 Å². The molecule has 0 spiro atoms. The van der Waals surface area contributed by atoms with Crippen molar-refractivity contribution in [1.29, 1.82) is 0 Å². The number of anilines is 1. The molecule has 8 nitrogen and oxygen atoms in total. The molecule has 1 aliphatic rings. The van der Waals surface area contributed by atoms with E-state index in [9.17, 15) is 22.4 Å². The fourth-order valence-corrected chi connectivity index (χ4v) is 5.12. The Morgan fingerprint density at radius 1 is 1.03 bits per heavy atom. The lowest BCUT2D eigenvalue weighted by molar-refractivity contribution is -0.148. The lowest BCUT2D eigenvalue weighted by Crippen LogP contribution is -2.50. The number of benzene rings is 3. The first-order valence-electron chi connectivity index (χ1n) is 10.7. The standard InChI is InChI=1S/C25H23FN2O6S/c1-33-25(30)23-16-28(21-9-5-6-10-22(21)34-23)24(29)17-27(15-18-11-13-19(26)14-12-18)35(31,32)20-7-3-2-4-8-20/h2-14,23H,15-17H2,1H3. The number of halogens is 1. The third-order valence-electron chi connectivity index (χ3n) is 5.50. The van der Waals surface area contributed by atoms with Gasteiger partial charge in [0.1, 0.15) is 11.6 Å². The minimum atomic E-state index is -4.09. The summed E-state index contributed by atoms with van der Waals surface area (Å²) in [6, 6.07) is 19.8. The molecule has 0 aromatic heterocycles. The van der Waals surface area contributed by atoms with Crippen molar-refractivity contribution in [2.45, 2.75) is 17.5 Å². The summed E-state index contributed by atoms with van der Waals surface area (Å²) in [6.07, 6.45) is -1.06. The van der Waals surface area contributed by atoms with Crippen LogP contribution in [-0.2, 0) is 30.9 Å². The largest absolute Gasteiger partial charge is 0.475 e. The average Bonchev–Trinajstić information content (AvgIpc) is 2.88. The van der Waals surface area contributed by atoms with Gasteiger partial charge in [-0.05, 0) is 42.0 Å². The van der Waals surface area contributed by atoms with Gasteiger partial charge in [0, 0.05) is 6.54 Å².